The molecule has 0 bridgehead atoms. The summed E-state index contributed by atoms with van der Waals surface area (Å²) in [5, 5.41) is 19.7. The highest BCUT2D eigenvalue weighted by Crippen LogP contribution is 2.31. The first-order valence-electron chi connectivity index (χ1n) is 9.72. The van der Waals surface area contributed by atoms with Gasteiger partial charge in [0.1, 0.15) is 5.75 Å². The van der Waals surface area contributed by atoms with Crippen LogP contribution >= 0.6 is 11.6 Å². The molecular weight excluding hydrogens is 424 g/mol. The number of halogens is 1. The van der Waals surface area contributed by atoms with Crippen LogP contribution in [-0.2, 0) is 9.59 Å². The van der Waals surface area contributed by atoms with E-state index in [0.29, 0.717) is 47.1 Å². The van der Waals surface area contributed by atoms with Gasteiger partial charge in [-0.2, -0.15) is 0 Å². The van der Waals surface area contributed by atoms with Gasteiger partial charge >= 0.3 is 11.9 Å². The molecule has 0 saturated carbocycles. The number of carbonyl (C=O) groups is 2. The second-order valence-corrected chi connectivity index (χ2v) is 7.28. The first kappa shape index (κ1) is 24.2. The highest BCUT2D eigenvalue weighted by Gasteiger charge is 2.16. The number of benzene rings is 1. The molecule has 2 aromatic rings. The lowest BCUT2D eigenvalue weighted by Crippen LogP contribution is -2.33. The summed E-state index contributed by atoms with van der Waals surface area (Å²) in [7, 11) is 0. The van der Waals surface area contributed by atoms with Gasteiger partial charge < -0.3 is 25.0 Å². The van der Waals surface area contributed by atoms with E-state index in [9.17, 15) is 9.59 Å². The van der Waals surface area contributed by atoms with E-state index in [1.807, 2.05) is 37.3 Å². The van der Waals surface area contributed by atoms with Crippen LogP contribution in [0.3, 0.4) is 0 Å². The van der Waals surface area contributed by atoms with Crippen LogP contribution in [0, 0.1) is 12.8 Å². The summed E-state index contributed by atoms with van der Waals surface area (Å²) in [6.07, 6.45) is 3.51. The van der Waals surface area contributed by atoms with Crippen molar-refractivity contribution in [2.75, 3.05) is 19.7 Å². The Hall–Kier alpha value is -3.10. The Morgan fingerprint density at radius 3 is 2.58 bits per heavy atom. The first-order chi connectivity index (χ1) is 14.8. The Morgan fingerprint density at radius 2 is 1.97 bits per heavy atom. The lowest BCUT2D eigenvalue weighted by Gasteiger charge is -2.23. The molecule has 0 aliphatic carbocycles. The summed E-state index contributed by atoms with van der Waals surface area (Å²) < 4.78 is 11.8. The van der Waals surface area contributed by atoms with Crippen molar-refractivity contribution in [3.05, 3.63) is 59.3 Å². The molecule has 1 aliphatic rings. The van der Waals surface area contributed by atoms with Gasteiger partial charge in [0, 0.05) is 35.3 Å². The van der Waals surface area contributed by atoms with Crippen molar-refractivity contribution in [1.82, 2.24) is 10.3 Å². The van der Waals surface area contributed by atoms with Crippen LogP contribution in [0.4, 0.5) is 0 Å². The van der Waals surface area contributed by atoms with E-state index in [-0.39, 0.29) is 0 Å². The summed E-state index contributed by atoms with van der Waals surface area (Å²) in [4.78, 5) is 23.6. The van der Waals surface area contributed by atoms with E-state index in [1.165, 1.54) is 12.8 Å². The number of hydrogen-bond donors (Lipinski definition) is 3. The summed E-state index contributed by atoms with van der Waals surface area (Å²) >= 11 is 6.01. The lowest BCUT2D eigenvalue weighted by atomic mass is 10.0. The smallest absolute Gasteiger partial charge is 0.328 e. The minimum Gasteiger partial charge on any atom is -0.488 e. The van der Waals surface area contributed by atoms with E-state index >= 15 is 0 Å². The molecule has 0 spiro atoms. The molecule has 1 atom stereocenters. The molecule has 0 amide bonds. The number of aliphatic carboxylic acids is 2. The molecule has 0 radical (unpaired) electrons. The fourth-order valence-electron chi connectivity index (χ4n) is 2.76. The van der Waals surface area contributed by atoms with Crippen LogP contribution in [0.1, 0.15) is 18.5 Å². The molecule has 1 saturated heterocycles. The van der Waals surface area contributed by atoms with Crippen molar-refractivity contribution in [3.8, 4) is 17.4 Å². The number of pyridine rings is 1. The molecule has 3 rings (SSSR count). The predicted molar refractivity (Wildman–Crippen MR) is 116 cm³/mol. The molecule has 9 heteroatoms. The third-order valence-electron chi connectivity index (χ3n) is 4.22. The average Bonchev–Trinajstić information content (AvgIpc) is 2.73. The largest absolute Gasteiger partial charge is 0.488 e. The number of carboxylic acids is 2. The monoisotopic (exact) mass is 448 g/mol. The van der Waals surface area contributed by atoms with Gasteiger partial charge in [-0.3, -0.25) is 0 Å². The molecule has 1 aromatic carbocycles. The van der Waals surface area contributed by atoms with E-state index in [4.69, 9.17) is 31.3 Å². The third kappa shape index (κ3) is 9.50. The number of piperidine rings is 1. The molecule has 1 fully saturated rings. The van der Waals surface area contributed by atoms with Gasteiger partial charge in [0.25, 0.3) is 5.88 Å². The predicted octanol–water partition coefficient (Wildman–Crippen LogP) is 3.93. The second kappa shape index (κ2) is 12.6. The van der Waals surface area contributed by atoms with Crippen LogP contribution in [0.2, 0.25) is 5.02 Å². The van der Waals surface area contributed by atoms with Crippen molar-refractivity contribution >= 4 is 23.5 Å². The molecule has 3 N–H and O–H groups in total. The molecule has 31 heavy (non-hydrogen) atoms. The highest BCUT2D eigenvalue weighted by molar-refractivity contribution is 6.30. The van der Waals surface area contributed by atoms with Crippen molar-refractivity contribution < 1.29 is 29.3 Å². The Kier molecular flexibility index (Phi) is 9.80. The van der Waals surface area contributed by atoms with Crippen LogP contribution in [0.5, 0.6) is 17.4 Å². The van der Waals surface area contributed by atoms with Crippen LogP contribution in [0.25, 0.3) is 0 Å². The molecule has 1 aliphatic heterocycles. The Labute approximate surface area is 185 Å². The molecule has 8 nitrogen and oxygen atoms in total. The number of nitrogens with zero attached hydrogens (tertiary/aromatic N) is 1. The van der Waals surface area contributed by atoms with Gasteiger partial charge in [-0.15, -0.1) is 0 Å². The summed E-state index contributed by atoms with van der Waals surface area (Å²) in [5.74, 6) is -0.180. The van der Waals surface area contributed by atoms with Crippen molar-refractivity contribution in [1.29, 1.82) is 0 Å². The number of aromatic nitrogens is 1. The maximum absolute atomic E-state index is 9.55. The van der Waals surface area contributed by atoms with Crippen molar-refractivity contribution in [3.63, 3.8) is 0 Å². The van der Waals surface area contributed by atoms with Gasteiger partial charge in [0.05, 0.1) is 6.61 Å². The number of ether oxygens (including phenoxy) is 2. The molecule has 2 heterocycles. The average molecular weight is 449 g/mol. The van der Waals surface area contributed by atoms with Crippen LogP contribution in [-0.4, -0.2) is 46.8 Å². The maximum atomic E-state index is 9.55. The standard InChI is InChI=1S/C18H21ClN2O2.C4H4O4/c1-13-7-8-17(22-12-14-4-3-9-20-11-14)18(21-13)23-16-6-2-5-15(19)10-16;5-3(6)1-2-4(7)8/h2,5-8,10,14,20H,3-4,9,11-12H2,1H3;1-2H,(H,5,6)(H,7,8)/b;2-1+/t14-;/m0./s1. The molecule has 1 aromatic heterocycles. The second-order valence-electron chi connectivity index (χ2n) is 6.85. The highest BCUT2D eigenvalue weighted by atomic mass is 35.5. The van der Waals surface area contributed by atoms with Gasteiger partial charge in [0.2, 0.25) is 0 Å². The number of aryl methyl sites for hydroxylation is 1. The van der Waals surface area contributed by atoms with Gasteiger partial charge in [0.15, 0.2) is 5.75 Å². The Bertz CT molecular complexity index is 897. The summed E-state index contributed by atoms with van der Waals surface area (Å²) in [6.45, 7) is 4.71. The molecule has 0 unspecified atom stereocenters. The normalized spacial score (nSPS) is 15.6. The lowest BCUT2D eigenvalue weighted by molar-refractivity contribution is -0.134. The number of rotatable bonds is 7. The van der Waals surface area contributed by atoms with Gasteiger partial charge in [-0.25, -0.2) is 14.6 Å². The zero-order chi connectivity index (χ0) is 22.6. The van der Waals surface area contributed by atoms with E-state index < -0.39 is 11.9 Å². The van der Waals surface area contributed by atoms with Crippen LogP contribution in [0.15, 0.2) is 48.6 Å². The summed E-state index contributed by atoms with van der Waals surface area (Å²) in [6, 6.07) is 11.1. The van der Waals surface area contributed by atoms with E-state index in [0.717, 1.165) is 18.8 Å². The molecular formula is C22H25ClN2O6. The van der Waals surface area contributed by atoms with Crippen molar-refractivity contribution in [2.24, 2.45) is 5.92 Å². The number of nitrogens with one attached hydrogen (secondary N) is 1. The maximum Gasteiger partial charge on any atom is 0.328 e. The fourth-order valence-corrected chi connectivity index (χ4v) is 2.94. The SMILES string of the molecule is Cc1ccc(OC[C@H]2CCCNC2)c(Oc2cccc(Cl)c2)n1.O=C(O)/C=C/C(=O)O. The zero-order valence-corrected chi connectivity index (χ0v) is 17.8. The van der Waals surface area contributed by atoms with E-state index in [2.05, 4.69) is 10.3 Å². The Morgan fingerprint density at radius 1 is 1.23 bits per heavy atom. The van der Waals surface area contributed by atoms with Gasteiger partial charge in [-0.1, -0.05) is 17.7 Å². The minimum absolute atomic E-state index is 0.482. The van der Waals surface area contributed by atoms with E-state index in [1.54, 1.807) is 6.07 Å². The first-order valence-corrected chi connectivity index (χ1v) is 10.1. The van der Waals surface area contributed by atoms with Gasteiger partial charge in [-0.05, 0) is 56.6 Å². The number of hydrogen-bond acceptors (Lipinski definition) is 6. The van der Waals surface area contributed by atoms with Crippen molar-refractivity contribution in [2.45, 2.75) is 19.8 Å². The quantitative estimate of drug-likeness (QED) is 0.545. The molecule has 166 valence electrons. The number of carboxylic acid groups (broad SMARTS) is 2. The minimum atomic E-state index is -1.26. The third-order valence-corrected chi connectivity index (χ3v) is 4.45. The summed E-state index contributed by atoms with van der Waals surface area (Å²) in [5.41, 5.74) is 0.883. The van der Waals surface area contributed by atoms with Crippen LogP contribution < -0.4 is 14.8 Å². The zero-order valence-electron chi connectivity index (χ0n) is 17.1. The fraction of sp³-hybridized carbons (Fsp3) is 0.318. The Balaban J connectivity index is 0.000000366. The topological polar surface area (TPSA) is 118 Å².